The van der Waals surface area contributed by atoms with Crippen molar-refractivity contribution in [2.75, 3.05) is 25.0 Å². The largest absolute Gasteiger partial charge is 0.382 e. The van der Waals surface area contributed by atoms with Gasteiger partial charge in [0.1, 0.15) is 24.5 Å². The van der Waals surface area contributed by atoms with E-state index in [9.17, 15) is 9.13 Å². The summed E-state index contributed by atoms with van der Waals surface area (Å²) in [5.41, 5.74) is 6.34. The third-order valence-electron chi connectivity index (χ3n) is 3.34. The standard InChI is InChI=1S/C11H19N5O8P2/c1-7(24-6-26(20,21)22)8(2-23-5-25(17,18)19)16-4-15-9-10(12)13-3-14-11(9)16/h3-4,7-8H,2,5-6H2,1H3,(H2,12,13,14)(H2,17,18,19)(H2,20,21,22)/t7-,8-/m1/s1. The van der Waals surface area contributed by atoms with Gasteiger partial charge in [-0.2, -0.15) is 0 Å². The fourth-order valence-corrected chi connectivity index (χ4v) is 2.95. The van der Waals surface area contributed by atoms with Gasteiger partial charge in [-0.1, -0.05) is 0 Å². The molecule has 0 saturated carbocycles. The highest BCUT2D eigenvalue weighted by atomic mass is 31.2. The fourth-order valence-electron chi connectivity index (χ4n) is 2.17. The van der Waals surface area contributed by atoms with Crippen molar-refractivity contribution in [3.05, 3.63) is 12.7 Å². The topological polar surface area (TPSA) is 203 Å². The number of hydrogen-bond donors (Lipinski definition) is 5. The molecule has 6 N–H and O–H groups in total. The van der Waals surface area contributed by atoms with Gasteiger partial charge in [-0.05, 0) is 6.92 Å². The molecule has 2 aromatic rings. The highest BCUT2D eigenvalue weighted by molar-refractivity contribution is 7.51. The van der Waals surface area contributed by atoms with Gasteiger partial charge in [0, 0.05) is 0 Å². The van der Waals surface area contributed by atoms with Crippen molar-refractivity contribution in [1.82, 2.24) is 19.5 Å². The minimum absolute atomic E-state index is 0.132. The molecule has 0 radical (unpaired) electrons. The summed E-state index contributed by atoms with van der Waals surface area (Å²) in [6.45, 7) is 1.29. The van der Waals surface area contributed by atoms with E-state index in [0.717, 1.165) is 0 Å². The molecule has 13 nitrogen and oxygen atoms in total. The molecule has 0 amide bonds. The number of hydrogen-bond acceptors (Lipinski definition) is 8. The molecule has 0 aliphatic heterocycles. The van der Waals surface area contributed by atoms with Crippen LogP contribution in [0.25, 0.3) is 11.2 Å². The van der Waals surface area contributed by atoms with E-state index in [1.807, 2.05) is 0 Å². The molecule has 2 rings (SSSR count). The van der Waals surface area contributed by atoms with Crippen LogP contribution in [0.4, 0.5) is 5.82 Å². The van der Waals surface area contributed by atoms with Crippen LogP contribution in [0.5, 0.6) is 0 Å². The van der Waals surface area contributed by atoms with E-state index < -0.39 is 40.0 Å². The Morgan fingerprint density at radius 1 is 1.15 bits per heavy atom. The first-order chi connectivity index (χ1) is 12.0. The molecule has 0 bridgehead atoms. The SMILES string of the molecule is C[C@@H](OCP(=O)(O)O)[C@@H](COCP(=O)(O)O)n1cnc2c(N)ncnc21. The van der Waals surface area contributed by atoms with Gasteiger partial charge in [-0.3, -0.25) is 9.13 Å². The minimum Gasteiger partial charge on any atom is -0.382 e. The number of anilines is 1. The van der Waals surface area contributed by atoms with Crippen LogP contribution in [0.3, 0.4) is 0 Å². The first-order valence-electron chi connectivity index (χ1n) is 7.19. The summed E-state index contributed by atoms with van der Waals surface area (Å²) in [6.07, 6.45) is 0.113. The molecule has 2 heterocycles. The van der Waals surface area contributed by atoms with E-state index >= 15 is 0 Å². The molecule has 26 heavy (non-hydrogen) atoms. The number of nitrogens with two attached hydrogens (primary N) is 1. The second kappa shape index (κ2) is 8.07. The summed E-state index contributed by atoms with van der Waals surface area (Å²) < 4.78 is 33.7. The Bertz CT molecular complexity index is 848. The number of nitrogen functional groups attached to an aromatic ring is 1. The van der Waals surface area contributed by atoms with Crippen molar-refractivity contribution < 1.29 is 38.2 Å². The van der Waals surface area contributed by atoms with Gasteiger partial charge in [0.2, 0.25) is 0 Å². The maximum Gasteiger partial charge on any atom is 0.350 e. The third-order valence-corrected chi connectivity index (χ3v) is 4.34. The first-order valence-corrected chi connectivity index (χ1v) is 10.8. The number of nitrogens with zero attached hydrogens (tertiary/aromatic N) is 4. The van der Waals surface area contributed by atoms with Crippen LogP contribution in [0.1, 0.15) is 13.0 Å². The zero-order chi connectivity index (χ0) is 19.5. The van der Waals surface area contributed by atoms with Gasteiger partial charge >= 0.3 is 15.2 Å². The lowest BCUT2D eigenvalue weighted by atomic mass is 10.2. The van der Waals surface area contributed by atoms with E-state index in [1.54, 1.807) is 0 Å². The predicted octanol–water partition coefficient (Wildman–Crippen LogP) is -0.358. The smallest absolute Gasteiger partial charge is 0.350 e. The molecule has 0 aliphatic rings. The average Bonchev–Trinajstić information content (AvgIpc) is 2.93. The van der Waals surface area contributed by atoms with Crippen molar-refractivity contribution in [3.8, 4) is 0 Å². The lowest BCUT2D eigenvalue weighted by Gasteiger charge is -2.26. The van der Waals surface area contributed by atoms with Gasteiger partial charge in [-0.15, -0.1) is 0 Å². The number of aromatic nitrogens is 4. The van der Waals surface area contributed by atoms with Gasteiger partial charge in [-0.25, -0.2) is 15.0 Å². The summed E-state index contributed by atoms with van der Waals surface area (Å²) in [7, 11) is -8.79. The second-order valence-corrected chi connectivity index (χ2v) is 8.66. The Hall–Kier alpha value is -1.43. The molecule has 0 spiro atoms. The minimum atomic E-state index is -4.40. The summed E-state index contributed by atoms with van der Waals surface area (Å²) >= 11 is 0. The van der Waals surface area contributed by atoms with Gasteiger partial charge in [0.25, 0.3) is 0 Å². The van der Waals surface area contributed by atoms with Crippen LogP contribution in [0.2, 0.25) is 0 Å². The third kappa shape index (κ3) is 5.79. The molecule has 2 atom stereocenters. The highest BCUT2D eigenvalue weighted by Crippen LogP contribution is 2.37. The Morgan fingerprint density at radius 3 is 2.42 bits per heavy atom. The predicted molar refractivity (Wildman–Crippen MR) is 89.1 cm³/mol. The normalized spacial score (nSPS) is 15.3. The van der Waals surface area contributed by atoms with E-state index in [0.29, 0.717) is 11.2 Å². The summed E-state index contributed by atoms with van der Waals surface area (Å²) in [6, 6.07) is -0.743. The van der Waals surface area contributed by atoms with E-state index in [1.165, 1.54) is 24.1 Å². The number of fused-ring (bicyclic) bond motifs is 1. The van der Waals surface area contributed by atoms with Crippen LogP contribution in [-0.2, 0) is 18.6 Å². The van der Waals surface area contributed by atoms with Crippen molar-refractivity contribution in [2.45, 2.75) is 19.1 Å². The number of ether oxygens (including phenoxy) is 2. The molecule has 0 unspecified atom stereocenters. The Kier molecular flexibility index (Phi) is 6.48. The van der Waals surface area contributed by atoms with Gasteiger partial charge < -0.3 is 39.3 Å². The first kappa shape index (κ1) is 20.9. The fraction of sp³-hybridized carbons (Fsp3) is 0.545. The molecule has 2 aromatic heterocycles. The van der Waals surface area contributed by atoms with Crippen molar-refractivity contribution in [1.29, 1.82) is 0 Å². The van der Waals surface area contributed by atoms with Crippen LogP contribution < -0.4 is 5.73 Å². The highest BCUT2D eigenvalue weighted by Gasteiger charge is 2.27. The monoisotopic (exact) mass is 411 g/mol. The molecular weight excluding hydrogens is 392 g/mol. The quantitative estimate of drug-likeness (QED) is 0.336. The number of rotatable bonds is 9. The maximum absolute atomic E-state index is 11.0. The van der Waals surface area contributed by atoms with Crippen molar-refractivity contribution in [3.63, 3.8) is 0 Å². The summed E-state index contributed by atoms with van der Waals surface area (Å²) in [5, 5.41) is 0. The van der Waals surface area contributed by atoms with Crippen LogP contribution >= 0.6 is 15.2 Å². The Labute approximate surface area is 147 Å². The zero-order valence-electron chi connectivity index (χ0n) is 13.6. The van der Waals surface area contributed by atoms with Crippen LogP contribution in [0.15, 0.2) is 12.7 Å². The lowest BCUT2D eigenvalue weighted by molar-refractivity contribution is 0.0122. The Balaban J connectivity index is 2.27. The zero-order valence-corrected chi connectivity index (χ0v) is 15.4. The Morgan fingerprint density at radius 2 is 1.81 bits per heavy atom. The lowest BCUT2D eigenvalue weighted by Crippen LogP contribution is -2.29. The van der Waals surface area contributed by atoms with Crippen LogP contribution in [-0.4, -0.2) is 64.5 Å². The number of imidazole rings is 1. The van der Waals surface area contributed by atoms with E-state index in [4.69, 9.17) is 34.8 Å². The summed E-state index contributed by atoms with van der Waals surface area (Å²) in [5.74, 6) is 0.132. The molecule has 0 aliphatic carbocycles. The summed E-state index contributed by atoms with van der Waals surface area (Å²) in [4.78, 5) is 47.7. The van der Waals surface area contributed by atoms with Gasteiger partial charge in [0.05, 0.1) is 25.1 Å². The van der Waals surface area contributed by atoms with Crippen LogP contribution in [0, 0.1) is 0 Å². The van der Waals surface area contributed by atoms with Crippen molar-refractivity contribution >= 4 is 32.2 Å². The molecule has 0 aromatic carbocycles. The maximum atomic E-state index is 11.0. The van der Waals surface area contributed by atoms with E-state index in [-0.39, 0.29) is 12.4 Å². The molecule has 15 heteroatoms. The van der Waals surface area contributed by atoms with Gasteiger partial charge in [0.15, 0.2) is 11.5 Å². The molecule has 0 saturated heterocycles. The molecule has 0 fully saturated rings. The second-order valence-electron chi connectivity index (χ2n) is 5.48. The molecular formula is C11H19N5O8P2. The molecule has 146 valence electrons. The van der Waals surface area contributed by atoms with E-state index in [2.05, 4.69) is 15.0 Å². The van der Waals surface area contributed by atoms with Crippen molar-refractivity contribution in [2.24, 2.45) is 0 Å². The average molecular weight is 411 g/mol.